The molecule has 1 aliphatic rings. The highest BCUT2D eigenvalue weighted by atomic mass is 32.2. The van der Waals surface area contributed by atoms with Crippen molar-refractivity contribution in [3.8, 4) is 0 Å². The van der Waals surface area contributed by atoms with Crippen molar-refractivity contribution in [2.45, 2.75) is 18.6 Å². The molecule has 1 amide bonds. The number of hydrogen-bond acceptors (Lipinski definition) is 7. The van der Waals surface area contributed by atoms with Crippen LogP contribution in [0.25, 0.3) is 0 Å². The summed E-state index contributed by atoms with van der Waals surface area (Å²) in [6.07, 6.45) is 0.181. The number of nitrogens with one attached hydrogen (secondary N) is 1. The maximum Gasteiger partial charge on any atom is 0.351 e. The normalized spacial score (nSPS) is 18.9. The predicted octanol–water partition coefficient (Wildman–Crippen LogP) is 1.79. The molecule has 0 spiro atoms. The van der Waals surface area contributed by atoms with Gasteiger partial charge in [0.25, 0.3) is 0 Å². The molecule has 1 aliphatic heterocycles. The Balaban J connectivity index is 1.61. The molecule has 1 fully saturated rings. The van der Waals surface area contributed by atoms with Crippen LogP contribution in [0.1, 0.15) is 23.5 Å². The zero-order chi connectivity index (χ0) is 19.4. The first-order chi connectivity index (χ1) is 12.9. The fraction of sp³-hybridized carbons (Fsp3) is 0.294. The Morgan fingerprint density at radius 2 is 2.15 bits per heavy atom. The van der Waals surface area contributed by atoms with Crippen LogP contribution in [0.15, 0.2) is 41.3 Å². The zero-order valence-corrected chi connectivity index (χ0v) is 15.1. The maximum atomic E-state index is 14.0. The molecule has 27 heavy (non-hydrogen) atoms. The van der Waals surface area contributed by atoms with E-state index in [1.807, 2.05) is 0 Å². The largest absolute Gasteiger partial charge is 0.458 e. The molecule has 2 heterocycles. The number of ether oxygens (including phenoxy) is 2. The highest BCUT2D eigenvalue weighted by molar-refractivity contribution is 8.00. The quantitative estimate of drug-likeness (QED) is 0.773. The molecule has 1 saturated heterocycles. The van der Waals surface area contributed by atoms with E-state index in [0.717, 1.165) is 10.8 Å². The van der Waals surface area contributed by atoms with Gasteiger partial charge in [0.05, 0.1) is 11.8 Å². The van der Waals surface area contributed by atoms with E-state index in [0.29, 0.717) is 11.3 Å². The molecular weight excluding hydrogens is 377 g/mol. The minimum absolute atomic E-state index is 0.0104. The number of halogens is 1. The van der Waals surface area contributed by atoms with Crippen molar-refractivity contribution < 1.29 is 23.5 Å². The highest BCUT2D eigenvalue weighted by Crippen LogP contribution is 2.31. The van der Waals surface area contributed by atoms with Gasteiger partial charge in [0, 0.05) is 12.7 Å². The number of carbonyl (C=O) groups is 2. The molecule has 2 aromatic rings. The molecule has 8 nitrogen and oxygen atoms in total. The molecule has 0 unspecified atom stereocenters. The van der Waals surface area contributed by atoms with E-state index in [2.05, 4.69) is 10.3 Å². The fourth-order valence-corrected chi connectivity index (χ4v) is 3.37. The van der Waals surface area contributed by atoms with E-state index in [9.17, 15) is 18.8 Å². The van der Waals surface area contributed by atoms with Gasteiger partial charge in [-0.1, -0.05) is 18.2 Å². The average molecular weight is 393 g/mol. The van der Waals surface area contributed by atoms with Crippen molar-refractivity contribution in [3.05, 3.63) is 58.4 Å². The molecule has 142 valence electrons. The number of nitrogens with zero attached hydrogens (tertiary/aromatic N) is 2. The predicted molar refractivity (Wildman–Crippen MR) is 95.9 cm³/mol. The Kier molecular flexibility index (Phi) is 5.87. The van der Waals surface area contributed by atoms with E-state index in [1.165, 1.54) is 18.7 Å². The van der Waals surface area contributed by atoms with Crippen LogP contribution in [0.3, 0.4) is 0 Å². The van der Waals surface area contributed by atoms with Gasteiger partial charge in [-0.25, -0.2) is 14.0 Å². The molecule has 0 saturated carbocycles. The van der Waals surface area contributed by atoms with Gasteiger partial charge in [0.1, 0.15) is 18.3 Å². The lowest BCUT2D eigenvalue weighted by Gasteiger charge is -2.15. The Morgan fingerprint density at radius 1 is 1.41 bits per heavy atom. The number of aromatic nitrogens is 2. The number of carbonyl (C=O) groups excluding carboxylic acids is 2. The van der Waals surface area contributed by atoms with Crippen LogP contribution in [0.2, 0.25) is 0 Å². The monoisotopic (exact) mass is 393 g/mol. The Bertz CT molecular complexity index is 905. The van der Waals surface area contributed by atoms with E-state index in [-0.39, 0.29) is 6.61 Å². The SMILES string of the molecule is CC(=O)Nc1nc(=O)n([C@H]2CS[C@@H](COC(=O)c3ccccc3)O2)cc1F. The van der Waals surface area contributed by atoms with Gasteiger partial charge >= 0.3 is 11.7 Å². The minimum Gasteiger partial charge on any atom is -0.458 e. The third-order valence-corrected chi connectivity index (χ3v) is 4.70. The van der Waals surface area contributed by atoms with Gasteiger partial charge in [-0.15, -0.1) is 11.8 Å². The third kappa shape index (κ3) is 4.72. The number of rotatable bonds is 5. The van der Waals surface area contributed by atoms with Crippen LogP contribution in [0.4, 0.5) is 10.2 Å². The number of hydrogen-bond donors (Lipinski definition) is 1. The average Bonchev–Trinajstić information content (AvgIpc) is 3.11. The van der Waals surface area contributed by atoms with Crippen LogP contribution >= 0.6 is 11.8 Å². The summed E-state index contributed by atoms with van der Waals surface area (Å²) in [5.74, 6) is -1.94. The van der Waals surface area contributed by atoms with Crippen molar-refractivity contribution in [1.82, 2.24) is 9.55 Å². The van der Waals surface area contributed by atoms with Crippen LogP contribution in [-0.2, 0) is 14.3 Å². The first-order valence-corrected chi connectivity index (χ1v) is 9.04. The second kappa shape index (κ2) is 8.31. The summed E-state index contributed by atoms with van der Waals surface area (Å²) in [7, 11) is 0. The molecule has 3 rings (SSSR count). The second-order valence-corrected chi connectivity index (χ2v) is 6.82. The van der Waals surface area contributed by atoms with Gasteiger partial charge in [-0.3, -0.25) is 9.36 Å². The van der Waals surface area contributed by atoms with Crippen molar-refractivity contribution in [2.75, 3.05) is 17.7 Å². The van der Waals surface area contributed by atoms with Crippen LogP contribution in [-0.4, -0.2) is 39.2 Å². The minimum atomic E-state index is -0.850. The Morgan fingerprint density at radius 3 is 2.85 bits per heavy atom. The lowest BCUT2D eigenvalue weighted by Crippen LogP contribution is -2.30. The van der Waals surface area contributed by atoms with E-state index >= 15 is 0 Å². The Labute approximate surface area is 157 Å². The fourth-order valence-electron chi connectivity index (χ4n) is 2.38. The summed E-state index contributed by atoms with van der Waals surface area (Å²) in [4.78, 5) is 38.5. The lowest BCUT2D eigenvalue weighted by molar-refractivity contribution is -0.114. The van der Waals surface area contributed by atoms with E-state index in [1.54, 1.807) is 30.3 Å². The van der Waals surface area contributed by atoms with E-state index in [4.69, 9.17) is 9.47 Å². The molecule has 2 atom stereocenters. The summed E-state index contributed by atoms with van der Waals surface area (Å²) >= 11 is 1.33. The summed E-state index contributed by atoms with van der Waals surface area (Å²) in [5.41, 5.74) is -0.826. The summed E-state index contributed by atoms with van der Waals surface area (Å²) < 4.78 is 25.9. The van der Waals surface area contributed by atoms with Gasteiger partial charge < -0.3 is 14.8 Å². The van der Waals surface area contributed by atoms with Crippen molar-refractivity contribution >= 4 is 29.5 Å². The van der Waals surface area contributed by atoms with Crippen LogP contribution < -0.4 is 11.0 Å². The van der Waals surface area contributed by atoms with Gasteiger partial charge in [0.2, 0.25) is 5.91 Å². The van der Waals surface area contributed by atoms with Gasteiger partial charge in [-0.05, 0) is 12.1 Å². The zero-order valence-electron chi connectivity index (χ0n) is 14.3. The molecular formula is C17H16FN3O5S. The molecule has 0 bridgehead atoms. The first kappa shape index (κ1) is 19.1. The lowest BCUT2D eigenvalue weighted by atomic mass is 10.2. The summed E-state index contributed by atoms with van der Waals surface area (Å²) in [6, 6.07) is 8.52. The van der Waals surface area contributed by atoms with Crippen LogP contribution in [0, 0.1) is 5.82 Å². The molecule has 1 N–H and O–H groups in total. The van der Waals surface area contributed by atoms with E-state index < -0.39 is 40.9 Å². The third-order valence-electron chi connectivity index (χ3n) is 3.61. The first-order valence-electron chi connectivity index (χ1n) is 7.99. The molecule has 0 aliphatic carbocycles. The molecule has 1 aromatic carbocycles. The highest BCUT2D eigenvalue weighted by Gasteiger charge is 2.30. The molecule has 0 radical (unpaired) electrons. The molecule has 10 heteroatoms. The number of anilines is 1. The summed E-state index contributed by atoms with van der Waals surface area (Å²) in [5, 5.41) is 2.15. The van der Waals surface area contributed by atoms with Crippen molar-refractivity contribution in [2.24, 2.45) is 0 Å². The van der Waals surface area contributed by atoms with Crippen molar-refractivity contribution in [3.63, 3.8) is 0 Å². The van der Waals surface area contributed by atoms with Gasteiger partial charge in [0.15, 0.2) is 11.6 Å². The number of amides is 1. The van der Waals surface area contributed by atoms with Crippen molar-refractivity contribution in [1.29, 1.82) is 0 Å². The summed E-state index contributed by atoms with van der Waals surface area (Å²) in [6.45, 7) is 1.17. The standard InChI is InChI=1S/C17H16FN3O5S/c1-10(22)19-15-12(18)7-21(17(24)20-15)13-9-27-14(26-13)8-25-16(23)11-5-3-2-4-6-11/h2-7,13-14H,8-9H2,1H3,(H,19,20,22,24)/t13-,14+/m1/s1. The molecule has 1 aromatic heterocycles. The number of esters is 1. The smallest absolute Gasteiger partial charge is 0.351 e. The Hall–Kier alpha value is -2.72. The number of thioether (sulfide) groups is 1. The number of benzene rings is 1. The van der Waals surface area contributed by atoms with Crippen LogP contribution in [0.5, 0.6) is 0 Å². The second-order valence-electron chi connectivity index (χ2n) is 5.63. The maximum absolute atomic E-state index is 14.0. The van der Waals surface area contributed by atoms with Gasteiger partial charge in [-0.2, -0.15) is 4.98 Å². The topological polar surface area (TPSA) is 99.5 Å².